The number of nitrogens with one attached hydrogen (secondary N) is 1. The average molecular weight is 365 g/mol. The molecule has 0 aliphatic carbocycles. The summed E-state index contributed by atoms with van der Waals surface area (Å²) >= 11 is 0. The molecule has 3 aromatic rings. The highest BCUT2D eigenvalue weighted by molar-refractivity contribution is 5.80. The fourth-order valence-corrected chi connectivity index (χ4v) is 3.39. The summed E-state index contributed by atoms with van der Waals surface area (Å²) in [5.41, 5.74) is 1.66. The Morgan fingerprint density at radius 2 is 2.15 bits per heavy atom. The number of halogens is 1. The second kappa shape index (κ2) is 7.23. The molecule has 1 aromatic heterocycles. The fraction of sp³-hybridized carbons (Fsp3) is 0.238. The monoisotopic (exact) mass is 365 g/mol. The molecule has 2 heterocycles. The summed E-state index contributed by atoms with van der Waals surface area (Å²) in [6, 6.07) is 13.4. The van der Waals surface area contributed by atoms with Crippen molar-refractivity contribution >= 4 is 5.91 Å². The minimum atomic E-state index is -0.537. The highest BCUT2D eigenvalue weighted by atomic mass is 19.1. The van der Waals surface area contributed by atoms with Crippen LogP contribution in [0.1, 0.15) is 23.0 Å². The van der Waals surface area contributed by atoms with Gasteiger partial charge in [0.05, 0.1) is 5.92 Å². The molecule has 2 aromatic carbocycles. The molecule has 0 radical (unpaired) electrons. The Morgan fingerprint density at radius 1 is 1.30 bits per heavy atom. The van der Waals surface area contributed by atoms with Crippen LogP contribution in [0.15, 0.2) is 60.9 Å². The molecule has 0 unspecified atom stereocenters. The number of hydrogen-bond donors (Lipinski definition) is 1. The Morgan fingerprint density at radius 3 is 2.93 bits per heavy atom. The van der Waals surface area contributed by atoms with Crippen LogP contribution in [0.25, 0.3) is 0 Å². The van der Waals surface area contributed by atoms with Crippen LogP contribution in [0.3, 0.4) is 0 Å². The van der Waals surface area contributed by atoms with Crippen LogP contribution in [0, 0.1) is 11.7 Å². The van der Waals surface area contributed by atoms with E-state index in [-0.39, 0.29) is 17.6 Å². The van der Waals surface area contributed by atoms with E-state index in [2.05, 4.69) is 10.3 Å². The van der Waals surface area contributed by atoms with Gasteiger partial charge in [0.25, 0.3) is 0 Å². The van der Waals surface area contributed by atoms with Gasteiger partial charge in [-0.15, -0.1) is 0 Å². The Balaban J connectivity index is 1.59. The number of hydrogen-bond acceptors (Lipinski definition) is 3. The maximum atomic E-state index is 13.8. The van der Waals surface area contributed by atoms with Crippen LogP contribution >= 0.6 is 0 Å². The van der Waals surface area contributed by atoms with Gasteiger partial charge in [-0.2, -0.15) is 0 Å². The number of para-hydroxylation sites is 1. The van der Waals surface area contributed by atoms with Crippen molar-refractivity contribution in [2.24, 2.45) is 13.0 Å². The summed E-state index contributed by atoms with van der Waals surface area (Å²) in [4.78, 5) is 17.3. The number of fused-ring (bicyclic) bond motifs is 1. The first-order chi connectivity index (χ1) is 13.1. The van der Waals surface area contributed by atoms with E-state index in [1.165, 1.54) is 12.1 Å². The summed E-state index contributed by atoms with van der Waals surface area (Å²) in [6.45, 7) is 0.319. The Labute approximate surface area is 156 Å². The van der Waals surface area contributed by atoms with Gasteiger partial charge >= 0.3 is 0 Å². The lowest BCUT2D eigenvalue weighted by Crippen LogP contribution is -2.40. The predicted octanol–water partition coefficient (Wildman–Crippen LogP) is 3.02. The number of ether oxygens (including phenoxy) is 1. The summed E-state index contributed by atoms with van der Waals surface area (Å²) in [5.74, 6) is 0.673. The molecule has 2 atom stereocenters. The molecule has 0 spiro atoms. The number of imidazole rings is 1. The number of benzene rings is 2. The van der Waals surface area contributed by atoms with Gasteiger partial charge in [-0.3, -0.25) is 4.79 Å². The van der Waals surface area contributed by atoms with E-state index >= 15 is 0 Å². The van der Waals surface area contributed by atoms with Crippen molar-refractivity contribution < 1.29 is 13.9 Å². The summed E-state index contributed by atoms with van der Waals surface area (Å²) in [5, 5.41) is 3.04. The van der Waals surface area contributed by atoms with Gasteiger partial charge in [0.15, 0.2) is 0 Å². The van der Waals surface area contributed by atoms with Crippen molar-refractivity contribution in [1.29, 1.82) is 0 Å². The van der Waals surface area contributed by atoms with E-state index in [0.717, 1.165) is 11.3 Å². The normalized spacial score (nSPS) is 16.9. The minimum Gasteiger partial charge on any atom is -0.492 e. The summed E-state index contributed by atoms with van der Waals surface area (Å²) < 4.78 is 21.3. The molecule has 0 fully saturated rings. The first kappa shape index (κ1) is 17.3. The SMILES string of the molecule is Cn1ccnc1[C@H](NC(=O)[C@@H]1COc2ccccc2C1)c1cccc(F)c1. The third-order valence-corrected chi connectivity index (χ3v) is 4.83. The van der Waals surface area contributed by atoms with Crippen molar-refractivity contribution in [3.8, 4) is 5.75 Å². The molecular weight excluding hydrogens is 345 g/mol. The number of amides is 1. The molecule has 1 N–H and O–H groups in total. The molecule has 0 saturated heterocycles. The molecular formula is C21H20FN3O2. The Hall–Kier alpha value is -3.15. The van der Waals surface area contributed by atoms with Gasteiger partial charge in [0.2, 0.25) is 5.91 Å². The second-order valence-corrected chi connectivity index (χ2v) is 6.71. The fourth-order valence-electron chi connectivity index (χ4n) is 3.39. The lowest BCUT2D eigenvalue weighted by atomic mass is 9.95. The number of carbonyl (C=O) groups is 1. The van der Waals surface area contributed by atoms with Crippen molar-refractivity contribution in [1.82, 2.24) is 14.9 Å². The highest BCUT2D eigenvalue weighted by Gasteiger charge is 2.29. The van der Waals surface area contributed by atoms with Crippen LogP contribution in [-0.2, 0) is 18.3 Å². The van der Waals surface area contributed by atoms with E-state index < -0.39 is 6.04 Å². The molecule has 5 nitrogen and oxygen atoms in total. The van der Waals surface area contributed by atoms with Crippen molar-refractivity contribution in [2.45, 2.75) is 12.5 Å². The lowest BCUT2D eigenvalue weighted by molar-refractivity contribution is -0.126. The number of aryl methyl sites for hydroxylation is 1. The van der Waals surface area contributed by atoms with E-state index in [4.69, 9.17) is 4.74 Å². The number of rotatable bonds is 4. The molecule has 1 amide bonds. The van der Waals surface area contributed by atoms with E-state index in [9.17, 15) is 9.18 Å². The van der Waals surface area contributed by atoms with E-state index in [1.807, 2.05) is 35.9 Å². The van der Waals surface area contributed by atoms with Gasteiger partial charge in [-0.1, -0.05) is 30.3 Å². The number of nitrogens with zero attached hydrogens (tertiary/aromatic N) is 2. The first-order valence-corrected chi connectivity index (χ1v) is 8.85. The molecule has 138 valence electrons. The zero-order valence-corrected chi connectivity index (χ0v) is 14.9. The number of aromatic nitrogens is 2. The maximum Gasteiger partial charge on any atom is 0.227 e. The van der Waals surface area contributed by atoms with Crippen molar-refractivity contribution in [2.75, 3.05) is 6.61 Å². The van der Waals surface area contributed by atoms with Gasteiger partial charge in [-0.05, 0) is 35.7 Å². The second-order valence-electron chi connectivity index (χ2n) is 6.71. The van der Waals surface area contributed by atoms with Crippen LogP contribution in [0.5, 0.6) is 5.75 Å². The maximum absolute atomic E-state index is 13.8. The van der Waals surface area contributed by atoms with Gasteiger partial charge in [0.1, 0.15) is 30.0 Å². The molecule has 1 aliphatic heterocycles. The van der Waals surface area contributed by atoms with Crippen LogP contribution in [0.4, 0.5) is 4.39 Å². The minimum absolute atomic E-state index is 0.137. The standard InChI is InChI=1S/C21H20FN3O2/c1-25-10-9-23-20(25)19(15-6-4-7-17(22)12-15)24-21(26)16-11-14-5-2-3-8-18(14)27-13-16/h2-10,12,16,19H,11,13H2,1H3,(H,24,26)/t16-,19+/m0/s1. The van der Waals surface area contributed by atoms with Crippen LogP contribution in [0.2, 0.25) is 0 Å². The average Bonchev–Trinajstić information content (AvgIpc) is 3.11. The van der Waals surface area contributed by atoms with Gasteiger partial charge in [-0.25, -0.2) is 9.37 Å². The van der Waals surface area contributed by atoms with Crippen molar-refractivity contribution in [3.05, 3.63) is 83.7 Å². The van der Waals surface area contributed by atoms with E-state index in [0.29, 0.717) is 24.4 Å². The molecule has 1 aliphatic rings. The third kappa shape index (κ3) is 3.56. The quantitative estimate of drug-likeness (QED) is 0.773. The first-order valence-electron chi connectivity index (χ1n) is 8.85. The molecule has 27 heavy (non-hydrogen) atoms. The zero-order valence-electron chi connectivity index (χ0n) is 14.9. The lowest BCUT2D eigenvalue weighted by Gasteiger charge is -2.27. The summed E-state index contributed by atoms with van der Waals surface area (Å²) in [7, 11) is 1.85. The Bertz CT molecular complexity index is 969. The molecule has 0 bridgehead atoms. The third-order valence-electron chi connectivity index (χ3n) is 4.83. The molecule has 4 rings (SSSR count). The predicted molar refractivity (Wildman–Crippen MR) is 98.7 cm³/mol. The molecule has 6 heteroatoms. The van der Waals surface area contributed by atoms with Crippen LogP contribution in [-0.4, -0.2) is 22.1 Å². The highest BCUT2D eigenvalue weighted by Crippen LogP contribution is 2.28. The summed E-state index contributed by atoms with van der Waals surface area (Å²) in [6.07, 6.45) is 4.07. The van der Waals surface area contributed by atoms with Gasteiger partial charge in [0, 0.05) is 19.4 Å². The molecule has 0 saturated carbocycles. The topological polar surface area (TPSA) is 56.2 Å². The smallest absolute Gasteiger partial charge is 0.227 e. The van der Waals surface area contributed by atoms with Crippen LogP contribution < -0.4 is 10.1 Å². The van der Waals surface area contributed by atoms with E-state index in [1.54, 1.807) is 24.5 Å². The number of carbonyl (C=O) groups excluding carboxylic acids is 1. The Kier molecular flexibility index (Phi) is 4.62. The van der Waals surface area contributed by atoms with Gasteiger partial charge < -0.3 is 14.6 Å². The largest absolute Gasteiger partial charge is 0.492 e. The zero-order chi connectivity index (χ0) is 18.8. The van der Waals surface area contributed by atoms with Crippen molar-refractivity contribution in [3.63, 3.8) is 0 Å².